The van der Waals surface area contributed by atoms with Crippen LogP contribution in [0.4, 0.5) is 0 Å². The predicted molar refractivity (Wildman–Crippen MR) is 77.7 cm³/mol. The Morgan fingerprint density at radius 1 is 1.45 bits per heavy atom. The first-order valence-electron chi connectivity index (χ1n) is 7.53. The Morgan fingerprint density at radius 2 is 2.15 bits per heavy atom. The second-order valence-electron chi connectivity index (χ2n) is 5.74. The number of esters is 1. The Morgan fingerprint density at radius 3 is 2.80 bits per heavy atom. The fourth-order valence-electron chi connectivity index (χ4n) is 3.01. The number of methoxy groups -OCH3 is 1. The Balaban J connectivity index is 1.88. The third kappa shape index (κ3) is 3.63. The smallest absolute Gasteiger partial charge is 0.341 e. The highest BCUT2D eigenvalue weighted by molar-refractivity contribution is 5.90. The van der Waals surface area contributed by atoms with Gasteiger partial charge in [0.1, 0.15) is 17.1 Å². The van der Waals surface area contributed by atoms with E-state index in [9.17, 15) is 4.79 Å². The van der Waals surface area contributed by atoms with E-state index in [1.165, 1.54) is 39.2 Å². The van der Waals surface area contributed by atoms with Gasteiger partial charge in [-0.2, -0.15) is 0 Å². The summed E-state index contributed by atoms with van der Waals surface area (Å²) in [5, 5.41) is 3.52. The molecule has 1 saturated carbocycles. The molecule has 0 amide bonds. The summed E-state index contributed by atoms with van der Waals surface area (Å²) in [4.78, 5) is 11.5. The minimum Gasteiger partial charge on any atom is -0.465 e. The highest BCUT2D eigenvalue weighted by Gasteiger charge is 2.20. The minimum absolute atomic E-state index is 0.335. The maximum Gasteiger partial charge on any atom is 0.341 e. The van der Waals surface area contributed by atoms with Crippen molar-refractivity contribution in [1.29, 1.82) is 0 Å². The molecule has 1 heterocycles. The van der Waals surface area contributed by atoms with Crippen LogP contribution in [-0.2, 0) is 11.3 Å². The van der Waals surface area contributed by atoms with Crippen LogP contribution in [0.5, 0.6) is 0 Å². The molecular formula is C16H25NO3. The average molecular weight is 279 g/mol. The monoisotopic (exact) mass is 279 g/mol. The van der Waals surface area contributed by atoms with Gasteiger partial charge in [-0.15, -0.1) is 0 Å². The van der Waals surface area contributed by atoms with Crippen LogP contribution in [0.15, 0.2) is 10.5 Å². The third-order valence-electron chi connectivity index (χ3n) is 4.33. The van der Waals surface area contributed by atoms with Crippen LogP contribution in [0.3, 0.4) is 0 Å². The molecule has 0 bridgehead atoms. The van der Waals surface area contributed by atoms with Crippen molar-refractivity contribution in [3.05, 3.63) is 23.2 Å². The SMILES string of the molecule is COC(=O)c1cc(CN[C@@H](C)C2CCCCC2)oc1C. The molecule has 1 N–H and O–H groups in total. The maximum atomic E-state index is 11.5. The highest BCUT2D eigenvalue weighted by atomic mass is 16.5. The van der Waals surface area contributed by atoms with Crippen LogP contribution in [0.1, 0.15) is 60.9 Å². The molecule has 0 aromatic carbocycles. The molecule has 112 valence electrons. The summed E-state index contributed by atoms with van der Waals surface area (Å²) in [6.45, 7) is 4.70. The van der Waals surface area contributed by atoms with Gasteiger partial charge in [0.15, 0.2) is 0 Å². The molecule has 1 aliphatic rings. The van der Waals surface area contributed by atoms with Crippen LogP contribution < -0.4 is 5.32 Å². The molecule has 0 radical (unpaired) electrons. The predicted octanol–water partition coefficient (Wildman–Crippen LogP) is 3.43. The number of carbonyl (C=O) groups is 1. The van der Waals surface area contributed by atoms with E-state index in [2.05, 4.69) is 12.2 Å². The normalized spacial score (nSPS) is 17.9. The van der Waals surface area contributed by atoms with Crippen LogP contribution in [0, 0.1) is 12.8 Å². The molecule has 2 rings (SSSR count). The number of furan rings is 1. The van der Waals surface area contributed by atoms with Gasteiger partial charge in [0.25, 0.3) is 0 Å². The first-order chi connectivity index (χ1) is 9.61. The number of rotatable bonds is 5. The van der Waals surface area contributed by atoms with Crippen molar-refractivity contribution in [2.45, 2.75) is 58.5 Å². The number of carbonyl (C=O) groups excluding carboxylic acids is 1. The first kappa shape index (κ1) is 15.1. The standard InChI is InChI=1S/C16H25NO3/c1-11(13-7-5-4-6-8-13)17-10-14-9-15(12(2)20-14)16(18)19-3/h9,11,13,17H,4-8,10H2,1-3H3/t11-/m0/s1. The zero-order valence-electron chi connectivity index (χ0n) is 12.7. The van der Waals surface area contributed by atoms with E-state index in [0.29, 0.717) is 23.9 Å². The van der Waals surface area contributed by atoms with Gasteiger partial charge in [0.05, 0.1) is 13.7 Å². The van der Waals surface area contributed by atoms with Crippen molar-refractivity contribution in [2.75, 3.05) is 7.11 Å². The largest absolute Gasteiger partial charge is 0.465 e. The minimum atomic E-state index is -0.335. The number of hydrogen-bond acceptors (Lipinski definition) is 4. The van der Waals surface area contributed by atoms with Gasteiger partial charge < -0.3 is 14.5 Å². The molecule has 20 heavy (non-hydrogen) atoms. The Labute approximate surface area is 120 Å². The summed E-state index contributed by atoms with van der Waals surface area (Å²) in [5.41, 5.74) is 0.523. The number of ether oxygens (including phenoxy) is 1. The molecule has 0 saturated heterocycles. The summed E-state index contributed by atoms with van der Waals surface area (Å²) >= 11 is 0. The van der Waals surface area contributed by atoms with Gasteiger partial charge in [0.2, 0.25) is 0 Å². The van der Waals surface area contributed by atoms with Crippen LogP contribution >= 0.6 is 0 Å². The van der Waals surface area contributed by atoms with Crippen LogP contribution in [0.2, 0.25) is 0 Å². The molecule has 1 aliphatic carbocycles. The van der Waals surface area contributed by atoms with Gasteiger partial charge >= 0.3 is 5.97 Å². The van der Waals surface area contributed by atoms with Crippen LogP contribution in [-0.4, -0.2) is 19.1 Å². The Bertz CT molecular complexity index is 447. The summed E-state index contributed by atoms with van der Waals surface area (Å²) < 4.78 is 10.3. The summed E-state index contributed by atoms with van der Waals surface area (Å²) in [6, 6.07) is 2.27. The molecule has 1 atom stereocenters. The van der Waals surface area contributed by atoms with Crippen molar-refractivity contribution >= 4 is 5.97 Å². The van der Waals surface area contributed by atoms with Gasteiger partial charge in [-0.05, 0) is 38.7 Å². The van der Waals surface area contributed by atoms with E-state index in [0.717, 1.165) is 11.7 Å². The number of nitrogens with one attached hydrogen (secondary N) is 1. The molecule has 1 fully saturated rings. The summed E-state index contributed by atoms with van der Waals surface area (Å²) in [7, 11) is 1.39. The highest BCUT2D eigenvalue weighted by Crippen LogP contribution is 2.26. The lowest BCUT2D eigenvalue weighted by Gasteiger charge is -2.28. The topological polar surface area (TPSA) is 51.5 Å². The van der Waals surface area contributed by atoms with Gasteiger partial charge in [-0.1, -0.05) is 19.3 Å². The lowest BCUT2D eigenvalue weighted by Crippen LogP contribution is -2.34. The number of aryl methyl sites for hydroxylation is 1. The van der Waals surface area contributed by atoms with E-state index in [1.807, 2.05) is 0 Å². The van der Waals surface area contributed by atoms with E-state index in [-0.39, 0.29) is 5.97 Å². The lowest BCUT2D eigenvalue weighted by molar-refractivity contribution is 0.0599. The van der Waals surface area contributed by atoms with Gasteiger partial charge in [0, 0.05) is 6.04 Å². The first-order valence-corrected chi connectivity index (χ1v) is 7.53. The fourth-order valence-corrected chi connectivity index (χ4v) is 3.01. The quantitative estimate of drug-likeness (QED) is 0.839. The van der Waals surface area contributed by atoms with E-state index < -0.39 is 0 Å². The third-order valence-corrected chi connectivity index (χ3v) is 4.33. The van der Waals surface area contributed by atoms with Crippen molar-refractivity contribution in [1.82, 2.24) is 5.32 Å². The molecule has 1 aromatic rings. The molecule has 1 aromatic heterocycles. The van der Waals surface area contributed by atoms with Crippen molar-refractivity contribution in [3.63, 3.8) is 0 Å². The second-order valence-corrected chi connectivity index (χ2v) is 5.74. The van der Waals surface area contributed by atoms with Crippen LogP contribution in [0.25, 0.3) is 0 Å². The molecule has 0 spiro atoms. The van der Waals surface area contributed by atoms with Gasteiger partial charge in [-0.25, -0.2) is 4.79 Å². The summed E-state index contributed by atoms with van der Waals surface area (Å²) in [6.07, 6.45) is 6.71. The van der Waals surface area contributed by atoms with Crippen molar-refractivity contribution in [3.8, 4) is 0 Å². The zero-order valence-corrected chi connectivity index (χ0v) is 12.7. The molecule has 0 unspecified atom stereocenters. The Hall–Kier alpha value is -1.29. The number of hydrogen-bond donors (Lipinski definition) is 1. The zero-order chi connectivity index (χ0) is 14.5. The average Bonchev–Trinajstić information content (AvgIpc) is 2.86. The molecule has 4 heteroatoms. The van der Waals surface area contributed by atoms with E-state index >= 15 is 0 Å². The molecular weight excluding hydrogens is 254 g/mol. The van der Waals surface area contributed by atoms with Gasteiger partial charge in [-0.3, -0.25) is 0 Å². The maximum absolute atomic E-state index is 11.5. The molecule has 0 aliphatic heterocycles. The molecule has 4 nitrogen and oxygen atoms in total. The second kappa shape index (κ2) is 6.93. The van der Waals surface area contributed by atoms with E-state index in [4.69, 9.17) is 9.15 Å². The van der Waals surface area contributed by atoms with E-state index in [1.54, 1.807) is 13.0 Å². The lowest BCUT2D eigenvalue weighted by atomic mass is 9.84. The Kier molecular flexibility index (Phi) is 5.24. The fraction of sp³-hybridized carbons (Fsp3) is 0.688. The van der Waals surface area contributed by atoms with Crippen molar-refractivity contribution < 1.29 is 13.9 Å². The summed E-state index contributed by atoms with van der Waals surface area (Å²) in [5.74, 6) is 1.85. The van der Waals surface area contributed by atoms with Crippen molar-refractivity contribution in [2.24, 2.45) is 5.92 Å².